The molecule has 0 unspecified atom stereocenters. The highest BCUT2D eigenvalue weighted by Gasteiger charge is 2.44. The Bertz CT molecular complexity index is 866. The highest BCUT2D eigenvalue weighted by Crippen LogP contribution is 2.36. The zero-order valence-corrected chi connectivity index (χ0v) is 18.3. The van der Waals surface area contributed by atoms with Gasteiger partial charge < -0.3 is 14.5 Å². The van der Waals surface area contributed by atoms with Crippen molar-refractivity contribution in [2.24, 2.45) is 5.41 Å². The molecule has 0 radical (unpaired) electrons. The van der Waals surface area contributed by atoms with Crippen LogP contribution in [0.2, 0.25) is 0 Å². The number of piperidine rings is 1. The lowest BCUT2D eigenvalue weighted by Crippen LogP contribution is -2.54. The summed E-state index contributed by atoms with van der Waals surface area (Å²) < 4.78 is 5.07. The van der Waals surface area contributed by atoms with Crippen LogP contribution >= 0.6 is 0 Å². The molecule has 0 saturated carbocycles. The number of ether oxygens (including phenoxy) is 1. The number of nitrogens with zero attached hydrogens (tertiary/aromatic N) is 2. The number of rotatable bonds is 7. The van der Waals surface area contributed by atoms with Crippen LogP contribution in [0.15, 0.2) is 54.6 Å². The number of benzene rings is 2. The lowest BCUT2D eigenvalue weighted by Gasteiger charge is -2.43. The summed E-state index contributed by atoms with van der Waals surface area (Å²) in [6.45, 7) is 1.57. The smallest absolute Gasteiger partial charge is 0.230 e. The molecular weight excluding hydrogens is 376 g/mol. The molecule has 1 heterocycles. The van der Waals surface area contributed by atoms with Gasteiger partial charge >= 0.3 is 0 Å². The summed E-state index contributed by atoms with van der Waals surface area (Å²) in [5, 5.41) is 0. The van der Waals surface area contributed by atoms with Gasteiger partial charge in [0.1, 0.15) is 0 Å². The Morgan fingerprint density at radius 3 is 2.50 bits per heavy atom. The molecule has 3 rings (SSSR count). The molecule has 1 atom stereocenters. The standard InChI is InChI=1S/C25H32N2O3/c1-26(2)24(29)25(14-8-15-27(19-25)23(28)13-16-30-3)18-20-9-7-12-22(17-20)21-10-5-4-6-11-21/h4-7,9-12,17H,8,13-16,18-19H2,1-3H3/t25-/m1/s1. The predicted molar refractivity (Wildman–Crippen MR) is 119 cm³/mol. The minimum atomic E-state index is -0.597. The van der Waals surface area contributed by atoms with Crippen LogP contribution in [0, 0.1) is 5.41 Å². The summed E-state index contributed by atoms with van der Waals surface area (Å²) in [5.41, 5.74) is 2.83. The highest BCUT2D eigenvalue weighted by molar-refractivity contribution is 5.85. The monoisotopic (exact) mass is 408 g/mol. The first kappa shape index (κ1) is 22.0. The Morgan fingerprint density at radius 2 is 1.80 bits per heavy atom. The van der Waals surface area contributed by atoms with E-state index in [1.807, 2.05) is 23.1 Å². The number of carbonyl (C=O) groups excluding carboxylic acids is 2. The minimum Gasteiger partial charge on any atom is -0.384 e. The van der Waals surface area contributed by atoms with E-state index < -0.39 is 5.41 Å². The van der Waals surface area contributed by atoms with Gasteiger partial charge in [-0.25, -0.2) is 0 Å². The van der Waals surface area contributed by atoms with E-state index in [4.69, 9.17) is 4.74 Å². The molecule has 2 aromatic carbocycles. The van der Waals surface area contributed by atoms with Crippen molar-refractivity contribution < 1.29 is 14.3 Å². The van der Waals surface area contributed by atoms with Crippen molar-refractivity contribution in [1.29, 1.82) is 0 Å². The number of amides is 2. The van der Waals surface area contributed by atoms with E-state index in [9.17, 15) is 9.59 Å². The summed E-state index contributed by atoms with van der Waals surface area (Å²) in [6, 6.07) is 18.7. The van der Waals surface area contributed by atoms with Gasteiger partial charge in [0.2, 0.25) is 11.8 Å². The zero-order chi connectivity index (χ0) is 21.6. The molecule has 0 spiro atoms. The molecule has 30 heavy (non-hydrogen) atoms. The van der Waals surface area contributed by atoms with E-state index in [0.29, 0.717) is 32.5 Å². The van der Waals surface area contributed by atoms with Crippen LogP contribution in [0.1, 0.15) is 24.8 Å². The summed E-state index contributed by atoms with van der Waals surface area (Å²) in [5.74, 6) is 0.155. The van der Waals surface area contributed by atoms with E-state index in [1.54, 1.807) is 26.1 Å². The first-order valence-electron chi connectivity index (χ1n) is 10.6. The molecule has 0 aromatic heterocycles. The minimum absolute atomic E-state index is 0.0607. The van der Waals surface area contributed by atoms with E-state index in [1.165, 1.54) is 0 Å². The number of hydrogen-bond acceptors (Lipinski definition) is 3. The van der Waals surface area contributed by atoms with Crippen molar-refractivity contribution >= 4 is 11.8 Å². The van der Waals surface area contributed by atoms with Crippen LogP contribution < -0.4 is 0 Å². The van der Waals surface area contributed by atoms with E-state index in [0.717, 1.165) is 29.5 Å². The van der Waals surface area contributed by atoms with Crippen molar-refractivity contribution in [3.8, 4) is 11.1 Å². The van der Waals surface area contributed by atoms with Gasteiger partial charge in [0, 0.05) is 34.3 Å². The quantitative estimate of drug-likeness (QED) is 0.703. The van der Waals surface area contributed by atoms with Gasteiger partial charge in [-0.1, -0.05) is 54.6 Å². The Hall–Kier alpha value is -2.66. The lowest BCUT2D eigenvalue weighted by molar-refractivity contribution is -0.147. The van der Waals surface area contributed by atoms with Crippen molar-refractivity contribution in [3.63, 3.8) is 0 Å². The van der Waals surface area contributed by atoms with Crippen molar-refractivity contribution in [1.82, 2.24) is 9.80 Å². The van der Waals surface area contributed by atoms with Gasteiger partial charge in [0.25, 0.3) is 0 Å². The normalized spacial score (nSPS) is 18.8. The molecule has 1 saturated heterocycles. The summed E-state index contributed by atoms with van der Waals surface area (Å²) >= 11 is 0. The van der Waals surface area contributed by atoms with Crippen LogP contribution in [0.4, 0.5) is 0 Å². The highest BCUT2D eigenvalue weighted by atomic mass is 16.5. The van der Waals surface area contributed by atoms with Crippen molar-refractivity contribution in [3.05, 3.63) is 60.2 Å². The maximum absolute atomic E-state index is 13.3. The zero-order valence-electron chi connectivity index (χ0n) is 18.3. The van der Waals surface area contributed by atoms with E-state index in [2.05, 4.69) is 36.4 Å². The second kappa shape index (κ2) is 9.90. The summed E-state index contributed by atoms with van der Waals surface area (Å²) in [4.78, 5) is 29.5. The molecule has 2 aromatic rings. The average molecular weight is 409 g/mol. The predicted octanol–water partition coefficient (Wildman–Crippen LogP) is 3.63. The lowest BCUT2D eigenvalue weighted by atomic mass is 9.73. The second-order valence-electron chi connectivity index (χ2n) is 8.38. The van der Waals surface area contributed by atoms with Crippen LogP contribution in [-0.2, 0) is 20.7 Å². The van der Waals surface area contributed by atoms with Gasteiger partial charge in [0.15, 0.2) is 0 Å². The molecular formula is C25H32N2O3. The third-order valence-electron chi connectivity index (χ3n) is 5.89. The molecule has 5 nitrogen and oxygen atoms in total. The third kappa shape index (κ3) is 5.08. The molecule has 5 heteroatoms. The molecule has 1 aliphatic rings. The number of carbonyl (C=O) groups is 2. The largest absolute Gasteiger partial charge is 0.384 e. The Labute approximate surface area is 179 Å². The van der Waals surface area contributed by atoms with Crippen molar-refractivity contribution in [2.75, 3.05) is 40.9 Å². The summed E-state index contributed by atoms with van der Waals surface area (Å²) in [7, 11) is 5.20. The molecule has 2 amide bonds. The Kier molecular flexibility index (Phi) is 7.27. The number of likely N-dealkylation sites (tertiary alicyclic amines) is 1. The van der Waals surface area contributed by atoms with Crippen molar-refractivity contribution in [2.45, 2.75) is 25.7 Å². The first-order valence-corrected chi connectivity index (χ1v) is 10.6. The fourth-order valence-electron chi connectivity index (χ4n) is 4.44. The molecule has 1 aliphatic heterocycles. The Morgan fingerprint density at radius 1 is 1.07 bits per heavy atom. The van der Waals surface area contributed by atoms with Gasteiger partial charge in [-0.2, -0.15) is 0 Å². The third-order valence-corrected chi connectivity index (χ3v) is 5.89. The van der Waals surface area contributed by atoms with Crippen LogP contribution in [0.3, 0.4) is 0 Å². The SMILES string of the molecule is COCCC(=O)N1CCC[C@](Cc2cccc(-c3ccccc3)c2)(C(=O)N(C)C)C1. The van der Waals surface area contributed by atoms with Crippen LogP contribution in [0.25, 0.3) is 11.1 Å². The summed E-state index contributed by atoms with van der Waals surface area (Å²) in [6.07, 6.45) is 2.59. The van der Waals surface area contributed by atoms with Crippen LogP contribution in [-0.4, -0.2) is 62.5 Å². The van der Waals surface area contributed by atoms with Crippen LogP contribution in [0.5, 0.6) is 0 Å². The number of methoxy groups -OCH3 is 1. The first-order chi connectivity index (χ1) is 14.4. The Balaban J connectivity index is 1.88. The molecule has 0 bridgehead atoms. The van der Waals surface area contributed by atoms with E-state index in [-0.39, 0.29) is 11.8 Å². The maximum atomic E-state index is 13.3. The van der Waals surface area contributed by atoms with Gasteiger partial charge in [-0.3, -0.25) is 9.59 Å². The van der Waals surface area contributed by atoms with Gasteiger partial charge in [0.05, 0.1) is 18.4 Å². The maximum Gasteiger partial charge on any atom is 0.230 e. The molecule has 0 N–H and O–H groups in total. The molecule has 1 fully saturated rings. The molecule has 0 aliphatic carbocycles. The van der Waals surface area contributed by atoms with Gasteiger partial charge in [-0.15, -0.1) is 0 Å². The molecule has 160 valence electrons. The van der Waals surface area contributed by atoms with E-state index >= 15 is 0 Å². The fraction of sp³-hybridized carbons (Fsp3) is 0.440. The van der Waals surface area contributed by atoms with Gasteiger partial charge in [-0.05, 0) is 36.0 Å². The fourth-order valence-corrected chi connectivity index (χ4v) is 4.44. The second-order valence-corrected chi connectivity index (χ2v) is 8.38. The average Bonchev–Trinajstić information content (AvgIpc) is 2.77. The topological polar surface area (TPSA) is 49.9 Å². The number of hydrogen-bond donors (Lipinski definition) is 0.